The van der Waals surface area contributed by atoms with Crippen molar-refractivity contribution in [3.63, 3.8) is 0 Å². The van der Waals surface area contributed by atoms with Crippen molar-refractivity contribution in [1.82, 2.24) is 0 Å². The Morgan fingerprint density at radius 1 is 1.19 bits per heavy atom. The second-order valence-corrected chi connectivity index (χ2v) is 5.03. The van der Waals surface area contributed by atoms with Gasteiger partial charge >= 0.3 is 0 Å². The first-order chi connectivity index (χ1) is 9.90. The SMILES string of the molecule is NC(=S)c1ccc(NC(=O)c2c(O)cccc2O)c(Cl)c1. The van der Waals surface area contributed by atoms with Gasteiger partial charge in [-0.05, 0) is 30.3 Å². The summed E-state index contributed by atoms with van der Waals surface area (Å²) in [6.07, 6.45) is 0. The molecule has 0 atom stereocenters. The number of benzene rings is 2. The molecule has 0 spiro atoms. The van der Waals surface area contributed by atoms with Crippen molar-refractivity contribution >= 4 is 40.4 Å². The van der Waals surface area contributed by atoms with Gasteiger partial charge in [0, 0.05) is 5.56 Å². The molecule has 108 valence electrons. The number of phenolic OH excluding ortho intramolecular Hbond substituents is 2. The maximum atomic E-state index is 12.1. The number of aromatic hydroxyl groups is 2. The second kappa shape index (κ2) is 5.99. The van der Waals surface area contributed by atoms with Crippen molar-refractivity contribution in [1.29, 1.82) is 0 Å². The summed E-state index contributed by atoms with van der Waals surface area (Å²) in [4.78, 5) is 12.3. The molecule has 0 aliphatic rings. The number of hydrogen-bond donors (Lipinski definition) is 4. The highest BCUT2D eigenvalue weighted by molar-refractivity contribution is 7.80. The van der Waals surface area contributed by atoms with E-state index in [0.717, 1.165) is 0 Å². The first kappa shape index (κ1) is 15.1. The lowest BCUT2D eigenvalue weighted by atomic mass is 10.1. The number of nitrogens with one attached hydrogen (secondary N) is 1. The van der Waals surface area contributed by atoms with Crippen LogP contribution in [0.4, 0.5) is 5.69 Å². The molecule has 0 bridgehead atoms. The average Bonchev–Trinajstić information content (AvgIpc) is 2.40. The van der Waals surface area contributed by atoms with E-state index in [-0.39, 0.29) is 27.1 Å². The molecular weight excluding hydrogens is 312 g/mol. The van der Waals surface area contributed by atoms with Crippen LogP contribution in [0.25, 0.3) is 0 Å². The molecule has 5 nitrogen and oxygen atoms in total. The number of nitrogens with two attached hydrogens (primary N) is 1. The number of thiocarbonyl (C=S) groups is 1. The Morgan fingerprint density at radius 2 is 1.81 bits per heavy atom. The molecular formula is C14H11ClN2O3S. The highest BCUT2D eigenvalue weighted by Gasteiger charge is 2.17. The van der Waals surface area contributed by atoms with Crippen LogP contribution in [0.3, 0.4) is 0 Å². The molecule has 0 aliphatic carbocycles. The van der Waals surface area contributed by atoms with E-state index >= 15 is 0 Å². The molecule has 2 aromatic carbocycles. The van der Waals surface area contributed by atoms with Crippen LogP contribution in [-0.2, 0) is 0 Å². The van der Waals surface area contributed by atoms with Crippen LogP contribution in [0.2, 0.25) is 5.02 Å². The maximum Gasteiger partial charge on any atom is 0.263 e. The van der Waals surface area contributed by atoms with Gasteiger partial charge in [-0.25, -0.2) is 0 Å². The Bertz CT molecular complexity index is 714. The van der Waals surface area contributed by atoms with E-state index in [1.165, 1.54) is 30.3 Å². The molecule has 0 unspecified atom stereocenters. The van der Waals surface area contributed by atoms with E-state index in [9.17, 15) is 15.0 Å². The summed E-state index contributed by atoms with van der Waals surface area (Å²) in [5, 5.41) is 22.0. The van der Waals surface area contributed by atoms with Crippen molar-refractivity contribution in [3.8, 4) is 11.5 Å². The third-order valence-electron chi connectivity index (χ3n) is 2.75. The van der Waals surface area contributed by atoms with E-state index in [1.807, 2.05) is 0 Å². The zero-order chi connectivity index (χ0) is 15.6. The zero-order valence-electron chi connectivity index (χ0n) is 10.6. The number of halogens is 1. The van der Waals surface area contributed by atoms with Gasteiger partial charge in [-0.2, -0.15) is 0 Å². The molecule has 0 saturated carbocycles. The lowest BCUT2D eigenvalue weighted by molar-refractivity contribution is 0.102. The van der Waals surface area contributed by atoms with Crippen molar-refractivity contribution < 1.29 is 15.0 Å². The highest BCUT2D eigenvalue weighted by atomic mass is 35.5. The quantitative estimate of drug-likeness (QED) is 0.652. The lowest BCUT2D eigenvalue weighted by Crippen LogP contribution is -2.14. The minimum atomic E-state index is -0.685. The minimum absolute atomic E-state index is 0.188. The number of hydrogen-bond acceptors (Lipinski definition) is 4. The Balaban J connectivity index is 2.30. The largest absolute Gasteiger partial charge is 0.507 e. The van der Waals surface area contributed by atoms with Crippen LogP contribution in [-0.4, -0.2) is 21.1 Å². The molecule has 2 aromatic rings. The summed E-state index contributed by atoms with van der Waals surface area (Å²) in [5.41, 5.74) is 6.13. The minimum Gasteiger partial charge on any atom is -0.507 e. The Labute approximate surface area is 131 Å². The van der Waals surface area contributed by atoms with Gasteiger partial charge in [0.05, 0.1) is 10.7 Å². The van der Waals surface area contributed by atoms with Gasteiger partial charge in [0.15, 0.2) is 0 Å². The fourth-order valence-corrected chi connectivity index (χ4v) is 2.07. The molecule has 0 radical (unpaired) electrons. The first-order valence-electron chi connectivity index (χ1n) is 5.82. The Kier molecular flexibility index (Phi) is 4.30. The smallest absolute Gasteiger partial charge is 0.263 e. The number of amides is 1. The molecule has 0 saturated heterocycles. The standard InChI is InChI=1S/C14H11ClN2O3S/c15-8-6-7(13(16)21)4-5-9(8)17-14(20)12-10(18)2-1-3-11(12)19/h1-6,18-19H,(H2,16,21)(H,17,20). The maximum absolute atomic E-state index is 12.1. The number of carbonyl (C=O) groups is 1. The van der Waals surface area contributed by atoms with Crippen LogP contribution < -0.4 is 11.1 Å². The van der Waals surface area contributed by atoms with E-state index in [4.69, 9.17) is 29.6 Å². The summed E-state index contributed by atoms with van der Waals surface area (Å²) < 4.78 is 0. The normalized spacial score (nSPS) is 10.1. The molecule has 7 heteroatoms. The van der Waals surface area contributed by atoms with E-state index < -0.39 is 5.91 Å². The average molecular weight is 323 g/mol. The third-order valence-corrected chi connectivity index (χ3v) is 3.30. The van der Waals surface area contributed by atoms with E-state index in [2.05, 4.69) is 5.32 Å². The summed E-state index contributed by atoms with van der Waals surface area (Å²) in [6, 6.07) is 8.67. The van der Waals surface area contributed by atoms with Crippen LogP contribution in [0, 0.1) is 0 Å². The van der Waals surface area contributed by atoms with Gasteiger partial charge in [-0.3, -0.25) is 4.79 Å². The Morgan fingerprint density at radius 3 is 2.33 bits per heavy atom. The van der Waals surface area contributed by atoms with E-state index in [1.54, 1.807) is 6.07 Å². The van der Waals surface area contributed by atoms with Crippen LogP contribution in [0.1, 0.15) is 15.9 Å². The second-order valence-electron chi connectivity index (χ2n) is 4.18. The van der Waals surface area contributed by atoms with Crippen LogP contribution in [0.5, 0.6) is 11.5 Å². The molecule has 1 amide bonds. The van der Waals surface area contributed by atoms with Crippen LogP contribution >= 0.6 is 23.8 Å². The summed E-state index contributed by atoms with van der Waals surface area (Å²) in [5.74, 6) is -1.35. The van der Waals surface area contributed by atoms with Gasteiger partial charge in [0.2, 0.25) is 0 Å². The summed E-state index contributed by atoms with van der Waals surface area (Å²) in [7, 11) is 0. The third kappa shape index (κ3) is 3.24. The summed E-state index contributed by atoms with van der Waals surface area (Å²) >= 11 is 10.9. The Hall–Kier alpha value is -2.31. The van der Waals surface area contributed by atoms with Gasteiger partial charge < -0.3 is 21.3 Å². The number of rotatable bonds is 3. The van der Waals surface area contributed by atoms with E-state index in [0.29, 0.717) is 11.3 Å². The summed E-state index contributed by atoms with van der Waals surface area (Å²) in [6.45, 7) is 0. The van der Waals surface area contributed by atoms with Crippen molar-refractivity contribution in [2.24, 2.45) is 5.73 Å². The first-order valence-corrected chi connectivity index (χ1v) is 6.60. The van der Waals surface area contributed by atoms with Gasteiger partial charge in [-0.15, -0.1) is 0 Å². The predicted octanol–water partition coefficient (Wildman–Crippen LogP) is 2.64. The molecule has 0 heterocycles. The topological polar surface area (TPSA) is 95.6 Å². The zero-order valence-corrected chi connectivity index (χ0v) is 12.2. The van der Waals surface area contributed by atoms with Gasteiger partial charge in [-0.1, -0.05) is 29.9 Å². The number of phenols is 2. The lowest BCUT2D eigenvalue weighted by Gasteiger charge is -2.10. The predicted molar refractivity (Wildman–Crippen MR) is 85.1 cm³/mol. The number of carbonyl (C=O) groups excluding carboxylic acids is 1. The molecule has 0 aromatic heterocycles. The highest BCUT2D eigenvalue weighted by Crippen LogP contribution is 2.29. The fourth-order valence-electron chi connectivity index (χ4n) is 1.72. The van der Waals surface area contributed by atoms with Gasteiger partial charge in [0.1, 0.15) is 22.1 Å². The number of anilines is 1. The van der Waals surface area contributed by atoms with Gasteiger partial charge in [0.25, 0.3) is 5.91 Å². The molecule has 5 N–H and O–H groups in total. The fraction of sp³-hybridized carbons (Fsp3) is 0. The van der Waals surface area contributed by atoms with Crippen LogP contribution in [0.15, 0.2) is 36.4 Å². The molecule has 21 heavy (non-hydrogen) atoms. The van der Waals surface area contributed by atoms with Crippen molar-refractivity contribution in [2.75, 3.05) is 5.32 Å². The van der Waals surface area contributed by atoms with Crippen molar-refractivity contribution in [2.45, 2.75) is 0 Å². The van der Waals surface area contributed by atoms with Crippen molar-refractivity contribution in [3.05, 3.63) is 52.5 Å². The monoisotopic (exact) mass is 322 g/mol. The molecule has 2 rings (SSSR count). The molecule has 0 fully saturated rings. The molecule has 0 aliphatic heterocycles.